The molecule has 1 heterocycles. The molecular weight excluding hydrogens is 185 g/mol. The van der Waals surface area contributed by atoms with Crippen molar-refractivity contribution in [2.45, 2.75) is 0 Å². The van der Waals surface area contributed by atoms with Crippen LogP contribution in [-0.4, -0.2) is 24.8 Å². The molecule has 3 nitrogen and oxygen atoms in total. The minimum Gasteiger partial charge on any atom is -0.365 e. The number of benzene rings is 1. The van der Waals surface area contributed by atoms with Crippen LogP contribution in [0.4, 0.5) is 4.39 Å². The first-order valence-corrected chi connectivity index (χ1v) is 4.20. The summed E-state index contributed by atoms with van der Waals surface area (Å²) in [7, 11) is 0. The molecule has 0 saturated carbocycles. The van der Waals surface area contributed by atoms with Gasteiger partial charge in [0.05, 0.1) is 12.3 Å². The molecule has 0 radical (unpaired) electrons. The first-order valence-electron chi connectivity index (χ1n) is 4.20. The monoisotopic (exact) mass is 193 g/mol. The minimum atomic E-state index is -0.308. The number of aliphatic imine (C=N–C) groups is 1. The van der Waals surface area contributed by atoms with E-state index in [1.165, 1.54) is 12.1 Å². The minimum absolute atomic E-state index is 0.0324. The zero-order chi connectivity index (χ0) is 9.97. The first kappa shape index (κ1) is 9.02. The lowest BCUT2D eigenvalue weighted by Crippen LogP contribution is -2.22. The molecule has 14 heavy (non-hydrogen) atoms. The van der Waals surface area contributed by atoms with Gasteiger partial charge in [0.25, 0.3) is 5.91 Å². The lowest BCUT2D eigenvalue weighted by Gasteiger charge is -2.11. The van der Waals surface area contributed by atoms with E-state index in [-0.39, 0.29) is 18.3 Å². The Bertz CT molecular complexity index is 384. The van der Waals surface area contributed by atoms with Crippen molar-refractivity contribution in [1.82, 2.24) is 0 Å². The van der Waals surface area contributed by atoms with Gasteiger partial charge in [0.15, 0.2) is 0 Å². The highest BCUT2D eigenvalue weighted by Gasteiger charge is 2.13. The summed E-state index contributed by atoms with van der Waals surface area (Å²) >= 11 is 0. The number of carbonyl (C=O) groups excluding carboxylic acids is 1. The Hall–Kier alpha value is -1.55. The van der Waals surface area contributed by atoms with Gasteiger partial charge in [-0.2, -0.15) is 0 Å². The highest BCUT2D eigenvalue weighted by atomic mass is 19.1. The van der Waals surface area contributed by atoms with E-state index < -0.39 is 0 Å². The summed E-state index contributed by atoms with van der Waals surface area (Å²) < 4.78 is 17.6. The summed E-state index contributed by atoms with van der Waals surface area (Å²) in [6, 6.07) is 5.82. The molecule has 1 amide bonds. The van der Waals surface area contributed by atoms with E-state index >= 15 is 0 Å². The van der Waals surface area contributed by atoms with Gasteiger partial charge in [0.1, 0.15) is 12.4 Å². The number of amides is 1. The van der Waals surface area contributed by atoms with Gasteiger partial charge in [0.2, 0.25) is 0 Å². The quantitative estimate of drug-likeness (QED) is 0.671. The molecule has 72 valence electrons. The average molecular weight is 193 g/mol. The summed E-state index contributed by atoms with van der Waals surface area (Å²) in [5, 5.41) is 0. The summed E-state index contributed by atoms with van der Waals surface area (Å²) in [6.45, 7) is 0.335. The lowest BCUT2D eigenvalue weighted by molar-refractivity contribution is -0.122. The number of rotatable bonds is 1. The Kier molecular flexibility index (Phi) is 2.37. The standard InChI is InChI=1S/C10H8FNO2/c11-8-3-1-7(2-4-8)9-5-14-6-10(13)12-9/h1-4H,5-6H2. The van der Waals surface area contributed by atoms with Crippen LogP contribution in [0.3, 0.4) is 0 Å². The summed E-state index contributed by atoms with van der Waals surface area (Å²) in [5.41, 5.74) is 1.28. The van der Waals surface area contributed by atoms with Crippen molar-refractivity contribution >= 4 is 11.6 Å². The van der Waals surface area contributed by atoms with Crippen molar-refractivity contribution in [3.8, 4) is 0 Å². The van der Waals surface area contributed by atoms with E-state index in [4.69, 9.17) is 4.74 Å². The van der Waals surface area contributed by atoms with Crippen LogP contribution >= 0.6 is 0 Å². The van der Waals surface area contributed by atoms with Gasteiger partial charge in [-0.05, 0) is 17.7 Å². The van der Waals surface area contributed by atoms with Crippen LogP contribution in [0.2, 0.25) is 0 Å². The molecule has 0 aromatic heterocycles. The third-order valence-electron chi connectivity index (χ3n) is 1.90. The molecule has 0 bridgehead atoms. The van der Waals surface area contributed by atoms with E-state index in [0.717, 1.165) is 5.56 Å². The normalized spacial score (nSPS) is 16.6. The zero-order valence-corrected chi connectivity index (χ0v) is 7.37. The maximum Gasteiger partial charge on any atom is 0.271 e. The molecule has 1 aromatic carbocycles. The largest absolute Gasteiger partial charge is 0.365 e. The maximum atomic E-state index is 12.6. The van der Waals surface area contributed by atoms with E-state index in [1.54, 1.807) is 12.1 Å². The molecule has 1 aliphatic rings. The van der Waals surface area contributed by atoms with Crippen molar-refractivity contribution in [2.24, 2.45) is 4.99 Å². The van der Waals surface area contributed by atoms with Gasteiger partial charge in [-0.25, -0.2) is 9.38 Å². The second kappa shape index (κ2) is 3.67. The molecule has 2 rings (SSSR count). The molecule has 0 aliphatic carbocycles. The van der Waals surface area contributed by atoms with Gasteiger partial charge in [-0.1, -0.05) is 12.1 Å². The fourth-order valence-electron chi connectivity index (χ4n) is 1.24. The molecule has 0 fully saturated rings. The van der Waals surface area contributed by atoms with Crippen LogP contribution in [0, 0.1) is 5.82 Å². The highest BCUT2D eigenvalue weighted by molar-refractivity contribution is 6.08. The van der Waals surface area contributed by atoms with E-state index in [2.05, 4.69) is 4.99 Å². The van der Waals surface area contributed by atoms with E-state index in [0.29, 0.717) is 12.3 Å². The Balaban J connectivity index is 2.30. The predicted octanol–water partition coefficient (Wildman–Crippen LogP) is 1.17. The third kappa shape index (κ3) is 1.85. The van der Waals surface area contributed by atoms with Gasteiger partial charge in [-0.15, -0.1) is 0 Å². The Morgan fingerprint density at radius 1 is 1.21 bits per heavy atom. The topological polar surface area (TPSA) is 38.7 Å². The molecule has 0 saturated heterocycles. The smallest absolute Gasteiger partial charge is 0.271 e. The van der Waals surface area contributed by atoms with Crippen molar-refractivity contribution in [2.75, 3.05) is 13.2 Å². The Morgan fingerprint density at radius 2 is 1.93 bits per heavy atom. The van der Waals surface area contributed by atoms with Crippen LogP contribution < -0.4 is 0 Å². The zero-order valence-electron chi connectivity index (χ0n) is 7.37. The Morgan fingerprint density at radius 3 is 2.57 bits per heavy atom. The number of hydrogen-bond donors (Lipinski definition) is 0. The first-order chi connectivity index (χ1) is 6.75. The van der Waals surface area contributed by atoms with Crippen LogP contribution in [0.1, 0.15) is 5.56 Å². The van der Waals surface area contributed by atoms with Crippen LogP contribution in [-0.2, 0) is 9.53 Å². The number of carbonyl (C=O) groups is 1. The highest BCUT2D eigenvalue weighted by Crippen LogP contribution is 2.07. The van der Waals surface area contributed by atoms with Gasteiger partial charge in [-0.3, -0.25) is 4.79 Å². The number of ether oxygens (including phenoxy) is 1. The van der Waals surface area contributed by atoms with E-state index in [9.17, 15) is 9.18 Å². The van der Waals surface area contributed by atoms with Crippen LogP contribution in [0.5, 0.6) is 0 Å². The van der Waals surface area contributed by atoms with Crippen LogP contribution in [0.25, 0.3) is 0 Å². The fraction of sp³-hybridized carbons (Fsp3) is 0.200. The SMILES string of the molecule is O=C1COCC(c2ccc(F)cc2)=N1. The third-order valence-corrected chi connectivity index (χ3v) is 1.90. The van der Waals surface area contributed by atoms with Gasteiger partial charge < -0.3 is 4.74 Å². The molecule has 1 aliphatic heterocycles. The van der Waals surface area contributed by atoms with Crippen molar-refractivity contribution < 1.29 is 13.9 Å². The van der Waals surface area contributed by atoms with Crippen LogP contribution in [0.15, 0.2) is 29.3 Å². The predicted molar refractivity (Wildman–Crippen MR) is 48.8 cm³/mol. The second-order valence-corrected chi connectivity index (χ2v) is 2.95. The van der Waals surface area contributed by atoms with Crippen molar-refractivity contribution in [3.63, 3.8) is 0 Å². The van der Waals surface area contributed by atoms with Gasteiger partial charge >= 0.3 is 0 Å². The molecule has 0 atom stereocenters. The van der Waals surface area contributed by atoms with E-state index in [1.807, 2.05) is 0 Å². The molecule has 0 unspecified atom stereocenters. The maximum absolute atomic E-state index is 12.6. The average Bonchev–Trinajstić information content (AvgIpc) is 2.19. The lowest BCUT2D eigenvalue weighted by atomic mass is 10.1. The molecular formula is C10H8FNO2. The molecule has 1 aromatic rings. The second-order valence-electron chi connectivity index (χ2n) is 2.95. The summed E-state index contributed by atoms with van der Waals surface area (Å²) in [5.74, 6) is -0.604. The van der Waals surface area contributed by atoms with Crippen molar-refractivity contribution in [3.05, 3.63) is 35.6 Å². The fourth-order valence-corrected chi connectivity index (χ4v) is 1.24. The summed E-state index contributed by atoms with van der Waals surface area (Å²) in [4.78, 5) is 14.7. The number of hydrogen-bond acceptors (Lipinski definition) is 2. The molecule has 0 N–H and O–H groups in total. The summed E-state index contributed by atoms with van der Waals surface area (Å²) in [6.07, 6.45) is 0. The van der Waals surface area contributed by atoms with Gasteiger partial charge in [0, 0.05) is 0 Å². The van der Waals surface area contributed by atoms with Crippen molar-refractivity contribution in [1.29, 1.82) is 0 Å². The molecule has 0 spiro atoms. The number of nitrogens with zero attached hydrogens (tertiary/aromatic N) is 1. The number of halogens is 1. The Labute approximate surface area is 80.2 Å². The molecule has 4 heteroatoms.